The number of ether oxygens (including phenoxy) is 1. The highest BCUT2D eigenvalue weighted by molar-refractivity contribution is 7.14. The lowest BCUT2D eigenvalue weighted by Gasteiger charge is -2.06. The minimum absolute atomic E-state index is 0.0169. The molecule has 1 aromatic heterocycles. The maximum absolute atomic E-state index is 12.3. The number of carbonyl (C=O) groups is 2. The van der Waals surface area contributed by atoms with Gasteiger partial charge in [0.25, 0.3) is 11.6 Å². The molecule has 1 heterocycles. The number of esters is 1. The van der Waals surface area contributed by atoms with Crippen molar-refractivity contribution in [2.45, 2.75) is 20.3 Å². The first kappa shape index (κ1) is 19.3. The highest BCUT2D eigenvalue weighted by Crippen LogP contribution is 2.26. The molecule has 0 aliphatic rings. The van der Waals surface area contributed by atoms with Crippen molar-refractivity contribution in [2.75, 3.05) is 23.8 Å². The molecule has 0 aliphatic heterocycles. The SMILES string of the molecule is CCNc1ccc(C(=O)Nc2nc(CC(=O)OCC)cs2)cc1[N+](=O)[O-]. The quantitative estimate of drug-likeness (QED) is 0.411. The van der Waals surface area contributed by atoms with E-state index in [1.165, 1.54) is 18.2 Å². The molecule has 0 aliphatic carbocycles. The number of rotatable bonds is 8. The molecule has 0 bridgehead atoms. The largest absolute Gasteiger partial charge is 0.466 e. The number of aromatic nitrogens is 1. The van der Waals surface area contributed by atoms with Crippen molar-refractivity contribution in [3.8, 4) is 0 Å². The normalized spacial score (nSPS) is 10.2. The van der Waals surface area contributed by atoms with Crippen molar-refractivity contribution >= 4 is 39.7 Å². The fraction of sp³-hybridized carbons (Fsp3) is 0.312. The van der Waals surface area contributed by atoms with E-state index in [1.807, 2.05) is 6.92 Å². The average molecular weight is 378 g/mol. The van der Waals surface area contributed by atoms with Gasteiger partial charge in [0.05, 0.1) is 23.6 Å². The van der Waals surface area contributed by atoms with E-state index < -0.39 is 16.8 Å². The number of carbonyl (C=O) groups excluding carboxylic acids is 2. The highest BCUT2D eigenvalue weighted by Gasteiger charge is 2.18. The van der Waals surface area contributed by atoms with Crippen LogP contribution in [0.3, 0.4) is 0 Å². The fourth-order valence-corrected chi connectivity index (χ4v) is 2.84. The summed E-state index contributed by atoms with van der Waals surface area (Å²) in [6, 6.07) is 4.19. The lowest BCUT2D eigenvalue weighted by atomic mass is 10.1. The van der Waals surface area contributed by atoms with E-state index in [-0.39, 0.29) is 24.3 Å². The van der Waals surface area contributed by atoms with Gasteiger partial charge in [0.2, 0.25) is 0 Å². The van der Waals surface area contributed by atoms with E-state index in [9.17, 15) is 19.7 Å². The number of nitro groups is 1. The number of benzene rings is 1. The van der Waals surface area contributed by atoms with Gasteiger partial charge in [0.1, 0.15) is 5.69 Å². The van der Waals surface area contributed by atoms with E-state index in [4.69, 9.17) is 4.74 Å². The molecule has 2 aromatic rings. The Balaban J connectivity index is 2.10. The third-order valence-corrected chi connectivity index (χ3v) is 4.03. The molecule has 2 rings (SSSR count). The van der Waals surface area contributed by atoms with Gasteiger partial charge in [-0.25, -0.2) is 4.98 Å². The second-order valence-electron chi connectivity index (χ2n) is 5.10. The van der Waals surface area contributed by atoms with Crippen LogP contribution in [0.25, 0.3) is 0 Å². The van der Waals surface area contributed by atoms with Crippen LogP contribution < -0.4 is 10.6 Å². The molecule has 0 saturated carbocycles. The Kier molecular flexibility index (Phi) is 6.61. The topological polar surface area (TPSA) is 123 Å². The molecule has 0 spiro atoms. The van der Waals surface area contributed by atoms with Crippen LogP contribution in [0.2, 0.25) is 0 Å². The van der Waals surface area contributed by atoms with Crippen LogP contribution in [0, 0.1) is 10.1 Å². The van der Waals surface area contributed by atoms with Gasteiger partial charge in [-0.1, -0.05) is 0 Å². The summed E-state index contributed by atoms with van der Waals surface area (Å²) in [4.78, 5) is 38.5. The standard InChI is InChI=1S/C16H18N4O5S/c1-3-17-12-6-5-10(7-13(12)20(23)24)15(22)19-16-18-11(9-26-16)8-14(21)25-4-2/h5-7,9,17H,3-4,8H2,1-2H3,(H,18,19,22). The Labute approximate surface area is 153 Å². The molecule has 1 amide bonds. The summed E-state index contributed by atoms with van der Waals surface area (Å²) in [7, 11) is 0. The van der Waals surface area contributed by atoms with Gasteiger partial charge < -0.3 is 10.1 Å². The van der Waals surface area contributed by atoms with Crippen LogP contribution in [-0.4, -0.2) is 34.9 Å². The highest BCUT2D eigenvalue weighted by atomic mass is 32.1. The second-order valence-corrected chi connectivity index (χ2v) is 5.96. The number of nitro benzene ring substituents is 1. The number of nitrogens with zero attached hydrogens (tertiary/aromatic N) is 2. The second kappa shape index (κ2) is 8.90. The maximum atomic E-state index is 12.3. The third kappa shape index (κ3) is 4.99. The molecule has 0 radical (unpaired) electrons. The van der Waals surface area contributed by atoms with Crippen LogP contribution in [0.15, 0.2) is 23.6 Å². The van der Waals surface area contributed by atoms with Crippen molar-refractivity contribution in [3.05, 3.63) is 45.0 Å². The molecule has 0 saturated heterocycles. The average Bonchev–Trinajstić information content (AvgIpc) is 3.02. The molecule has 138 valence electrons. The van der Waals surface area contributed by atoms with Gasteiger partial charge in [0.15, 0.2) is 5.13 Å². The monoisotopic (exact) mass is 378 g/mol. The Morgan fingerprint density at radius 3 is 2.77 bits per heavy atom. The van der Waals surface area contributed by atoms with Crippen molar-refractivity contribution in [2.24, 2.45) is 0 Å². The summed E-state index contributed by atoms with van der Waals surface area (Å²) >= 11 is 1.16. The van der Waals surface area contributed by atoms with Crippen LogP contribution >= 0.6 is 11.3 Å². The smallest absolute Gasteiger partial charge is 0.311 e. The number of hydrogen-bond donors (Lipinski definition) is 2. The van der Waals surface area contributed by atoms with Gasteiger partial charge in [-0.2, -0.15) is 0 Å². The number of hydrogen-bond acceptors (Lipinski definition) is 8. The summed E-state index contributed by atoms with van der Waals surface area (Å²) in [6.07, 6.45) is 0.0169. The maximum Gasteiger partial charge on any atom is 0.311 e. The van der Waals surface area contributed by atoms with Gasteiger partial charge >= 0.3 is 5.97 Å². The zero-order chi connectivity index (χ0) is 19.1. The summed E-state index contributed by atoms with van der Waals surface area (Å²) in [5.74, 6) is -0.918. The minimum Gasteiger partial charge on any atom is -0.466 e. The van der Waals surface area contributed by atoms with Gasteiger partial charge in [-0.15, -0.1) is 11.3 Å². The Morgan fingerprint density at radius 2 is 2.12 bits per heavy atom. The summed E-state index contributed by atoms with van der Waals surface area (Å²) < 4.78 is 4.84. The minimum atomic E-state index is -0.546. The molecular formula is C16H18N4O5S. The number of thiazole rings is 1. The van der Waals surface area contributed by atoms with Crippen LogP contribution in [0.1, 0.15) is 29.9 Å². The van der Waals surface area contributed by atoms with Crippen molar-refractivity contribution in [1.29, 1.82) is 0 Å². The zero-order valence-electron chi connectivity index (χ0n) is 14.3. The molecule has 2 N–H and O–H groups in total. The molecule has 10 heteroatoms. The number of nitrogens with one attached hydrogen (secondary N) is 2. The van der Waals surface area contributed by atoms with E-state index >= 15 is 0 Å². The first-order chi connectivity index (χ1) is 12.4. The van der Waals surface area contributed by atoms with Crippen molar-refractivity contribution in [1.82, 2.24) is 4.98 Å². The van der Waals surface area contributed by atoms with E-state index in [2.05, 4.69) is 15.6 Å². The van der Waals surface area contributed by atoms with Crippen molar-refractivity contribution < 1.29 is 19.2 Å². The number of anilines is 2. The first-order valence-corrected chi connectivity index (χ1v) is 8.76. The summed E-state index contributed by atoms with van der Waals surface area (Å²) in [5, 5.41) is 18.6. The Bertz CT molecular complexity index is 821. The van der Waals surface area contributed by atoms with Gasteiger partial charge in [-0.05, 0) is 26.0 Å². The lowest BCUT2D eigenvalue weighted by Crippen LogP contribution is -2.13. The first-order valence-electron chi connectivity index (χ1n) is 7.88. The van der Waals surface area contributed by atoms with Gasteiger partial charge in [0, 0.05) is 23.6 Å². The fourth-order valence-electron chi connectivity index (χ4n) is 2.14. The zero-order valence-corrected chi connectivity index (χ0v) is 15.1. The van der Waals surface area contributed by atoms with Crippen LogP contribution in [0.5, 0.6) is 0 Å². The molecule has 0 atom stereocenters. The van der Waals surface area contributed by atoms with E-state index in [0.717, 1.165) is 11.3 Å². The molecule has 0 fully saturated rings. The number of amides is 1. The van der Waals surface area contributed by atoms with Crippen LogP contribution in [0.4, 0.5) is 16.5 Å². The molecule has 26 heavy (non-hydrogen) atoms. The third-order valence-electron chi connectivity index (χ3n) is 3.23. The molecule has 9 nitrogen and oxygen atoms in total. The predicted octanol–water partition coefficient (Wildman–Crippen LogP) is 2.84. The molecule has 1 aromatic carbocycles. The Hall–Kier alpha value is -3.01. The molecular weight excluding hydrogens is 360 g/mol. The van der Waals surface area contributed by atoms with Gasteiger partial charge in [-0.3, -0.25) is 25.0 Å². The van der Waals surface area contributed by atoms with Crippen LogP contribution in [-0.2, 0) is 16.0 Å². The lowest BCUT2D eigenvalue weighted by molar-refractivity contribution is -0.384. The summed E-state index contributed by atoms with van der Waals surface area (Å²) in [6.45, 7) is 4.34. The summed E-state index contributed by atoms with van der Waals surface area (Å²) in [5.41, 5.74) is 0.791. The Morgan fingerprint density at radius 1 is 1.35 bits per heavy atom. The van der Waals surface area contributed by atoms with Crippen molar-refractivity contribution in [3.63, 3.8) is 0 Å². The van der Waals surface area contributed by atoms with E-state index in [1.54, 1.807) is 12.3 Å². The predicted molar refractivity (Wildman–Crippen MR) is 97.7 cm³/mol. The van der Waals surface area contributed by atoms with E-state index in [0.29, 0.717) is 23.1 Å². The molecule has 0 unspecified atom stereocenters.